The molecule has 13 aromatic rings. The van der Waals surface area contributed by atoms with Crippen molar-refractivity contribution in [2.75, 3.05) is 4.90 Å². The summed E-state index contributed by atoms with van der Waals surface area (Å²) in [5.74, 6) is 0.933. The predicted molar refractivity (Wildman–Crippen MR) is 287 cm³/mol. The van der Waals surface area contributed by atoms with E-state index in [4.69, 9.17) is 4.98 Å². The van der Waals surface area contributed by atoms with Crippen molar-refractivity contribution in [1.29, 1.82) is 0 Å². The minimum absolute atomic E-state index is 0.933. The number of aromatic nitrogens is 2. The Morgan fingerprint density at radius 3 is 1.18 bits per heavy atom. The molecule has 0 unspecified atom stereocenters. The fourth-order valence-corrected chi connectivity index (χ4v) is 10.3. The van der Waals surface area contributed by atoms with E-state index in [1.54, 1.807) is 0 Å². The van der Waals surface area contributed by atoms with E-state index in [0.29, 0.717) is 0 Å². The van der Waals surface area contributed by atoms with Crippen molar-refractivity contribution in [2.45, 2.75) is 0 Å². The van der Waals surface area contributed by atoms with Crippen molar-refractivity contribution >= 4 is 60.4 Å². The molecule has 12 aromatic carbocycles. The second kappa shape index (κ2) is 16.4. The third kappa shape index (κ3) is 6.80. The average Bonchev–Trinajstić information content (AvgIpc) is 3.81. The van der Waals surface area contributed by atoms with Crippen LogP contribution in [0.15, 0.2) is 261 Å². The molecule has 0 amide bonds. The highest BCUT2D eigenvalue weighted by Gasteiger charge is 2.19. The van der Waals surface area contributed by atoms with Gasteiger partial charge >= 0.3 is 0 Å². The molecule has 3 nitrogen and oxygen atoms in total. The number of benzene rings is 12. The quantitative estimate of drug-likeness (QED) is 0.135. The van der Waals surface area contributed by atoms with Crippen molar-refractivity contribution in [3.05, 3.63) is 261 Å². The zero-order valence-corrected chi connectivity index (χ0v) is 37.2. The van der Waals surface area contributed by atoms with E-state index in [9.17, 15) is 0 Å². The predicted octanol–water partition coefficient (Wildman–Crippen LogP) is 17.7. The summed E-state index contributed by atoms with van der Waals surface area (Å²) in [6.45, 7) is 0. The first-order chi connectivity index (χ1) is 33.7. The number of imidazole rings is 1. The monoisotopic (exact) mass is 865 g/mol. The highest BCUT2D eigenvalue weighted by atomic mass is 15.1. The average molecular weight is 866 g/mol. The molecule has 0 aliphatic heterocycles. The minimum Gasteiger partial charge on any atom is -0.311 e. The number of rotatable bonds is 9. The Labute approximate surface area is 395 Å². The van der Waals surface area contributed by atoms with Crippen LogP contribution in [0, 0.1) is 0 Å². The van der Waals surface area contributed by atoms with Gasteiger partial charge in [-0.05, 0) is 137 Å². The highest BCUT2D eigenvalue weighted by molar-refractivity contribution is 6.27. The summed E-state index contributed by atoms with van der Waals surface area (Å²) >= 11 is 0. The molecule has 13 rings (SSSR count). The number of hydrogen-bond acceptors (Lipinski definition) is 2. The van der Waals surface area contributed by atoms with Gasteiger partial charge < -0.3 is 4.90 Å². The van der Waals surface area contributed by atoms with E-state index >= 15 is 0 Å². The van der Waals surface area contributed by atoms with Gasteiger partial charge in [-0.3, -0.25) is 4.57 Å². The molecule has 0 aliphatic rings. The molecule has 0 N–H and O–H groups in total. The fraction of sp³-hybridized carbons (Fsp3) is 0. The summed E-state index contributed by atoms with van der Waals surface area (Å²) in [5, 5.41) is 7.60. The first-order valence-corrected chi connectivity index (χ1v) is 23.3. The Balaban J connectivity index is 0.867. The third-order valence-corrected chi connectivity index (χ3v) is 13.6. The van der Waals surface area contributed by atoms with Gasteiger partial charge in [0.1, 0.15) is 5.82 Å². The number of nitrogens with zero attached hydrogens (tertiary/aromatic N) is 3. The second-order valence-electron chi connectivity index (χ2n) is 17.5. The van der Waals surface area contributed by atoms with Crippen LogP contribution in [-0.2, 0) is 0 Å². The SMILES string of the molecule is c1ccc(-c2ccc(N(c3ccc(-c4ccccc4)cc3)c3ccc(-c4ccc5ccc6c(-c7ccc(-c8nc9ccccc9n8-c8ccccc8)cc7)ccc7ccc4c5c76)cc3)cc2)cc1. The van der Waals surface area contributed by atoms with E-state index in [1.165, 1.54) is 76.8 Å². The van der Waals surface area contributed by atoms with Gasteiger partial charge in [0, 0.05) is 28.3 Å². The molecule has 1 heterocycles. The molecule has 68 heavy (non-hydrogen) atoms. The van der Waals surface area contributed by atoms with Crippen LogP contribution in [0.5, 0.6) is 0 Å². The molecular formula is C65H43N3. The molecule has 0 spiro atoms. The van der Waals surface area contributed by atoms with E-state index in [-0.39, 0.29) is 0 Å². The number of para-hydroxylation sites is 3. The third-order valence-electron chi connectivity index (χ3n) is 13.6. The van der Waals surface area contributed by atoms with Gasteiger partial charge in [0.2, 0.25) is 0 Å². The Kier molecular flexibility index (Phi) is 9.50. The molecule has 0 fully saturated rings. The lowest BCUT2D eigenvalue weighted by molar-refractivity contribution is 1.10. The normalized spacial score (nSPS) is 11.5. The molecule has 0 bridgehead atoms. The Morgan fingerprint density at radius 1 is 0.294 bits per heavy atom. The van der Waals surface area contributed by atoms with E-state index < -0.39 is 0 Å². The standard InChI is InChI=1S/C65H43N3/c1-4-12-44(13-5-1)46-24-34-54(35-25-46)67(55-36-26-47(27-37-55)45-14-6-2-7-15-45)56-38-28-49(29-39-56)58-41-31-51-32-42-59-57(40-30-50-33-43-60(58)64(51)63(50)59)48-20-22-52(23-21-48)65-66-61-18-10-11-19-62(61)68(65)53-16-8-3-9-17-53/h1-43H. The van der Waals surface area contributed by atoms with Gasteiger partial charge in [0.25, 0.3) is 0 Å². The van der Waals surface area contributed by atoms with Gasteiger partial charge in [-0.1, -0.05) is 200 Å². The maximum atomic E-state index is 5.13. The van der Waals surface area contributed by atoms with E-state index in [0.717, 1.165) is 45.2 Å². The second-order valence-corrected chi connectivity index (χ2v) is 17.5. The van der Waals surface area contributed by atoms with Crippen molar-refractivity contribution in [2.24, 2.45) is 0 Å². The van der Waals surface area contributed by atoms with Crippen molar-refractivity contribution in [3.8, 4) is 61.6 Å². The fourth-order valence-electron chi connectivity index (χ4n) is 10.3. The van der Waals surface area contributed by atoms with Gasteiger partial charge in [-0.2, -0.15) is 0 Å². The van der Waals surface area contributed by atoms with Crippen LogP contribution in [0.2, 0.25) is 0 Å². The molecule has 0 atom stereocenters. The summed E-state index contributed by atoms with van der Waals surface area (Å²) in [5.41, 5.74) is 17.2. The summed E-state index contributed by atoms with van der Waals surface area (Å²) in [7, 11) is 0. The number of fused-ring (bicyclic) bond motifs is 1. The van der Waals surface area contributed by atoms with Crippen LogP contribution < -0.4 is 4.90 Å². The number of anilines is 3. The molecule has 0 aliphatic carbocycles. The van der Waals surface area contributed by atoms with Gasteiger partial charge in [0.05, 0.1) is 11.0 Å². The Morgan fingerprint density at radius 2 is 0.676 bits per heavy atom. The van der Waals surface area contributed by atoms with E-state index in [2.05, 4.69) is 270 Å². The Hall–Kier alpha value is -9.05. The van der Waals surface area contributed by atoms with Crippen LogP contribution in [0.3, 0.4) is 0 Å². The molecule has 3 heteroatoms. The summed E-state index contributed by atoms with van der Waals surface area (Å²) in [6, 6.07) is 94.2. The summed E-state index contributed by atoms with van der Waals surface area (Å²) in [6.07, 6.45) is 0. The van der Waals surface area contributed by atoms with Gasteiger partial charge in [-0.15, -0.1) is 0 Å². The zero-order valence-electron chi connectivity index (χ0n) is 37.2. The Bertz CT molecular complexity index is 3810. The smallest absolute Gasteiger partial charge is 0.145 e. The molecule has 0 radical (unpaired) electrons. The zero-order chi connectivity index (χ0) is 45.0. The maximum absolute atomic E-state index is 5.13. The topological polar surface area (TPSA) is 21.1 Å². The van der Waals surface area contributed by atoms with Gasteiger partial charge in [0.15, 0.2) is 0 Å². The summed E-state index contributed by atoms with van der Waals surface area (Å²) < 4.78 is 2.26. The van der Waals surface area contributed by atoms with Crippen LogP contribution in [-0.4, -0.2) is 9.55 Å². The molecule has 318 valence electrons. The molecular weight excluding hydrogens is 823 g/mol. The van der Waals surface area contributed by atoms with Crippen LogP contribution in [0.25, 0.3) is 105 Å². The molecule has 0 saturated carbocycles. The lowest BCUT2D eigenvalue weighted by Crippen LogP contribution is -2.09. The van der Waals surface area contributed by atoms with Crippen LogP contribution >= 0.6 is 0 Å². The highest BCUT2D eigenvalue weighted by Crippen LogP contribution is 2.44. The first-order valence-electron chi connectivity index (χ1n) is 23.3. The van der Waals surface area contributed by atoms with Crippen LogP contribution in [0.4, 0.5) is 17.1 Å². The minimum atomic E-state index is 0.933. The van der Waals surface area contributed by atoms with Crippen molar-refractivity contribution < 1.29 is 0 Å². The lowest BCUT2D eigenvalue weighted by atomic mass is 9.87. The van der Waals surface area contributed by atoms with Gasteiger partial charge in [-0.25, -0.2) is 4.98 Å². The molecule has 1 aromatic heterocycles. The molecule has 0 saturated heterocycles. The maximum Gasteiger partial charge on any atom is 0.145 e. The van der Waals surface area contributed by atoms with Crippen molar-refractivity contribution in [3.63, 3.8) is 0 Å². The summed E-state index contributed by atoms with van der Waals surface area (Å²) in [4.78, 5) is 7.48. The first kappa shape index (κ1) is 39.3. The van der Waals surface area contributed by atoms with Crippen molar-refractivity contribution in [1.82, 2.24) is 9.55 Å². The van der Waals surface area contributed by atoms with Crippen LogP contribution in [0.1, 0.15) is 0 Å². The van der Waals surface area contributed by atoms with E-state index in [1.807, 2.05) is 0 Å². The lowest BCUT2D eigenvalue weighted by Gasteiger charge is -2.26. The largest absolute Gasteiger partial charge is 0.311 e. The number of hydrogen-bond donors (Lipinski definition) is 0.